The molecule has 2 aromatic heterocycles. The molecular formula is C16H11Cl2N3O. The highest BCUT2D eigenvalue weighted by Crippen LogP contribution is 2.23. The van der Waals surface area contributed by atoms with Crippen molar-refractivity contribution in [3.05, 3.63) is 82.1 Å². The Balaban J connectivity index is 1.79. The molecule has 0 atom stereocenters. The van der Waals surface area contributed by atoms with Crippen molar-refractivity contribution in [3.63, 3.8) is 0 Å². The number of benzene rings is 1. The topological polar surface area (TPSA) is 47.8 Å². The van der Waals surface area contributed by atoms with E-state index in [1.54, 1.807) is 18.3 Å². The summed E-state index contributed by atoms with van der Waals surface area (Å²) in [5.41, 5.74) is 2.07. The first kappa shape index (κ1) is 14.8. The lowest BCUT2D eigenvalue weighted by Gasteiger charge is -2.04. The minimum Gasteiger partial charge on any atom is -0.349 e. The van der Waals surface area contributed by atoms with Gasteiger partial charge in [-0.1, -0.05) is 29.3 Å². The first-order valence-corrected chi connectivity index (χ1v) is 7.28. The van der Waals surface area contributed by atoms with Crippen LogP contribution in [0.5, 0.6) is 0 Å². The maximum Gasteiger partial charge on any atom is 0.197 e. The van der Waals surface area contributed by atoms with Gasteiger partial charge in [0.2, 0.25) is 0 Å². The first-order valence-electron chi connectivity index (χ1n) is 6.53. The minimum atomic E-state index is -0.103. The van der Waals surface area contributed by atoms with Crippen molar-refractivity contribution in [1.29, 1.82) is 0 Å². The van der Waals surface area contributed by atoms with Crippen LogP contribution < -0.4 is 0 Å². The molecule has 0 saturated heterocycles. The van der Waals surface area contributed by atoms with Gasteiger partial charge >= 0.3 is 0 Å². The van der Waals surface area contributed by atoms with Crippen LogP contribution in [-0.2, 0) is 6.54 Å². The molecule has 2 heterocycles. The summed E-state index contributed by atoms with van der Waals surface area (Å²) in [5, 5.41) is 1.04. The monoisotopic (exact) mass is 331 g/mol. The summed E-state index contributed by atoms with van der Waals surface area (Å²) in [6.07, 6.45) is 8.04. The van der Waals surface area contributed by atoms with Crippen LogP contribution in [0.15, 0.2) is 55.4 Å². The molecule has 0 radical (unpaired) electrons. The zero-order valence-corrected chi connectivity index (χ0v) is 12.9. The predicted octanol–water partition coefficient (Wildman–Crippen LogP) is 3.86. The largest absolute Gasteiger partial charge is 0.349 e. The van der Waals surface area contributed by atoms with E-state index < -0.39 is 0 Å². The number of halogens is 2. The Hall–Kier alpha value is -2.17. The number of hydrogen-bond acceptors (Lipinski definition) is 3. The third-order valence-corrected chi connectivity index (χ3v) is 3.92. The van der Waals surface area contributed by atoms with Gasteiger partial charge in [0, 0.05) is 36.9 Å². The van der Waals surface area contributed by atoms with Crippen molar-refractivity contribution in [1.82, 2.24) is 14.5 Å². The normalized spacial score (nSPS) is 10.6. The molecule has 6 heteroatoms. The Morgan fingerprint density at radius 3 is 2.55 bits per heavy atom. The second-order valence-corrected chi connectivity index (χ2v) is 5.59. The third-order valence-electron chi connectivity index (χ3n) is 3.18. The molecule has 110 valence electrons. The van der Waals surface area contributed by atoms with Crippen LogP contribution in [0.2, 0.25) is 10.0 Å². The van der Waals surface area contributed by atoms with Crippen LogP contribution in [-0.4, -0.2) is 20.3 Å². The van der Waals surface area contributed by atoms with E-state index in [1.165, 1.54) is 18.7 Å². The van der Waals surface area contributed by atoms with E-state index in [4.69, 9.17) is 23.2 Å². The van der Waals surface area contributed by atoms with Gasteiger partial charge in [-0.3, -0.25) is 4.79 Å². The number of hydrogen-bond donors (Lipinski definition) is 0. The van der Waals surface area contributed by atoms with Crippen molar-refractivity contribution in [3.8, 4) is 0 Å². The fraction of sp³-hybridized carbons (Fsp3) is 0.0625. The molecule has 0 fully saturated rings. The lowest BCUT2D eigenvalue weighted by molar-refractivity contribution is 0.103. The summed E-state index contributed by atoms with van der Waals surface area (Å²) in [6.45, 7) is 0.607. The number of aromatic nitrogens is 3. The number of nitrogens with zero attached hydrogens (tertiary/aromatic N) is 3. The molecule has 0 aliphatic carbocycles. The maximum atomic E-state index is 12.3. The van der Waals surface area contributed by atoms with Crippen LogP contribution in [0.25, 0.3) is 0 Å². The van der Waals surface area contributed by atoms with E-state index in [0.29, 0.717) is 27.7 Å². The fourth-order valence-electron chi connectivity index (χ4n) is 2.11. The Labute approximate surface area is 137 Å². The average Bonchev–Trinajstić information content (AvgIpc) is 2.99. The molecule has 3 aromatic rings. The molecule has 0 saturated carbocycles. The number of carbonyl (C=O) groups excluding carboxylic acids is 1. The summed E-state index contributed by atoms with van der Waals surface area (Å²) in [6, 6.07) is 7.25. The van der Waals surface area contributed by atoms with Crippen molar-refractivity contribution >= 4 is 29.0 Å². The molecular weight excluding hydrogens is 321 g/mol. The molecule has 0 aliphatic heterocycles. The Morgan fingerprint density at radius 1 is 1.05 bits per heavy atom. The molecule has 1 aromatic carbocycles. The zero-order chi connectivity index (χ0) is 15.5. The third kappa shape index (κ3) is 3.18. The SMILES string of the molecule is O=C(c1cncnc1)c1ccn(Cc2ccc(Cl)c(Cl)c2)c1. The highest BCUT2D eigenvalue weighted by molar-refractivity contribution is 6.42. The van der Waals surface area contributed by atoms with Gasteiger partial charge in [0.1, 0.15) is 6.33 Å². The molecule has 0 N–H and O–H groups in total. The lowest BCUT2D eigenvalue weighted by atomic mass is 10.1. The zero-order valence-electron chi connectivity index (χ0n) is 11.4. The van der Waals surface area contributed by atoms with E-state index in [9.17, 15) is 4.79 Å². The lowest BCUT2D eigenvalue weighted by Crippen LogP contribution is -2.02. The standard InChI is InChI=1S/C16H11Cl2N3O/c17-14-2-1-11(5-15(14)18)8-21-4-3-12(9-21)16(22)13-6-19-10-20-7-13/h1-7,9-10H,8H2. The van der Waals surface area contributed by atoms with E-state index in [2.05, 4.69) is 9.97 Å². The van der Waals surface area contributed by atoms with E-state index in [0.717, 1.165) is 5.56 Å². The van der Waals surface area contributed by atoms with Crippen molar-refractivity contribution in [2.75, 3.05) is 0 Å². The predicted molar refractivity (Wildman–Crippen MR) is 85.5 cm³/mol. The molecule has 0 bridgehead atoms. The van der Waals surface area contributed by atoms with Gasteiger partial charge in [-0.2, -0.15) is 0 Å². The van der Waals surface area contributed by atoms with Crippen LogP contribution in [0, 0.1) is 0 Å². The van der Waals surface area contributed by atoms with Crippen molar-refractivity contribution in [2.45, 2.75) is 6.54 Å². The first-order chi connectivity index (χ1) is 10.6. The van der Waals surface area contributed by atoms with E-state index in [1.807, 2.05) is 22.9 Å². The van der Waals surface area contributed by atoms with Gasteiger partial charge in [0.15, 0.2) is 5.78 Å². The van der Waals surface area contributed by atoms with Crippen LogP contribution in [0.1, 0.15) is 21.5 Å². The summed E-state index contributed by atoms with van der Waals surface area (Å²) in [4.78, 5) is 20.0. The smallest absolute Gasteiger partial charge is 0.197 e. The number of ketones is 1. The molecule has 3 rings (SSSR count). The van der Waals surface area contributed by atoms with Crippen LogP contribution in [0.3, 0.4) is 0 Å². The number of rotatable bonds is 4. The van der Waals surface area contributed by atoms with Crippen molar-refractivity contribution < 1.29 is 4.79 Å². The summed E-state index contributed by atoms with van der Waals surface area (Å²) in [5.74, 6) is -0.103. The molecule has 4 nitrogen and oxygen atoms in total. The second-order valence-electron chi connectivity index (χ2n) is 4.78. The second kappa shape index (κ2) is 6.30. The average molecular weight is 332 g/mol. The molecule has 22 heavy (non-hydrogen) atoms. The van der Waals surface area contributed by atoms with Crippen LogP contribution >= 0.6 is 23.2 Å². The Bertz CT molecular complexity index is 815. The molecule has 0 aliphatic rings. The summed E-state index contributed by atoms with van der Waals surface area (Å²) in [7, 11) is 0. The van der Waals surface area contributed by atoms with Gasteiger partial charge in [-0.15, -0.1) is 0 Å². The number of carbonyl (C=O) groups is 1. The quantitative estimate of drug-likeness (QED) is 0.682. The Morgan fingerprint density at radius 2 is 1.82 bits per heavy atom. The minimum absolute atomic E-state index is 0.103. The molecule has 0 spiro atoms. The summed E-state index contributed by atoms with van der Waals surface area (Å²) >= 11 is 11.9. The highest BCUT2D eigenvalue weighted by Gasteiger charge is 2.11. The van der Waals surface area contributed by atoms with Gasteiger partial charge in [-0.25, -0.2) is 9.97 Å². The Kier molecular flexibility index (Phi) is 4.22. The maximum absolute atomic E-state index is 12.3. The van der Waals surface area contributed by atoms with Gasteiger partial charge in [0.25, 0.3) is 0 Å². The summed E-state index contributed by atoms with van der Waals surface area (Å²) < 4.78 is 1.91. The van der Waals surface area contributed by atoms with Gasteiger partial charge in [0.05, 0.1) is 15.6 Å². The van der Waals surface area contributed by atoms with E-state index in [-0.39, 0.29) is 5.78 Å². The highest BCUT2D eigenvalue weighted by atomic mass is 35.5. The van der Waals surface area contributed by atoms with Gasteiger partial charge < -0.3 is 4.57 Å². The molecule has 0 unspecified atom stereocenters. The van der Waals surface area contributed by atoms with E-state index >= 15 is 0 Å². The van der Waals surface area contributed by atoms with Crippen LogP contribution in [0.4, 0.5) is 0 Å². The van der Waals surface area contributed by atoms with Crippen molar-refractivity contribution in [2.24, 2.45) is 0 Å². The van der Waals surface area contributed by atoms with Gasteiger partial charge in [-0.05, 0) is 23.8 Å². The fourth-order valence-corrected chi connectivity index (χ4v) is 2.43. The molecule has 0 amide bonds.